The molecule has 1 aromatic rings. The molecule has 4 heteroatoms. The van der Waals surface area contributed by atoms with E-state index in [4.69, 9.17) is 4.74 Å². The van der Waals surface area contributed by atoms with E-state index < -0.39 is 0 Å². The third kappa shape index (κ3) is 3.45. The zero-order chi connectivity index (χ0) is 13.0. The van der Waals surface area contributed by atoms with Crippen LogP contribution in [0.25, 0.3) is 0 Å². The van der Waals surface area contributed by atoms with Crippen molar-refractivity contribution in [2.45, 2.75) is 19.8 Å². The molecule has 2 rings (SSSR count). The Kier molecular flexibility index (Phi) is 4.18. The van der Waals surface area contributed by atoms with Crippen molar-refractivity contribution in [1.29, 1.82) is 0 Å². The first-order valence-electron chi connectivity index (χ1n) is 6.31. The molecular formula is C14H18FNO2. The molecule has 98 valence electrons. The lowest BCUT2D eigenvalue weighted by atomic mass is 10.0. The van der Waals surface area contributed by atoms with Crippen molar-refractivity contribution >= 4 is 5.91 Å². The zero-order valence-electron chi connectivity index (χ0n) is 10.6. The van der Waals surface area contributed by atoms with Gasteiger partial charge in [-0.2, -0.15) is 0 Å². The molecule has 18 heavy (non-hydrogen) atoms. The topological polar surface area (TPSA) is 29.5 Å². The molecule has 1 saturated heterocycles. The fraction of sp³-hybridized carbons (Fsp3) is 0.500. The zero-order valence-corrected chi connectivity index (χ0v) is 10.6. The highest BCUT2D eigenvalue weighted by atomic mass is 19.1. The van der Waals surface area contributed by atoms with Gasteiger partial charge in [-0.1, -0.05) is 13.0 Å². The monoisotopic (exact) mass is 251 g/mol. The lowest BCUT2D eigenvalue weighted by molar-refractivity contribution is -0.135. The Morgan fingerprint density at radius 1 is 1.56 bits per heavy atom. The smallest absolute Gasteiger partial charge is 0.260 e. The van der Waals surface area contributed by atoms with E-state index in [0.29, 0.717) is 11.7 Å². The fourth-order valence-electron chi connectivity index (χ4n) is 2.21. The summed E-state index contributed by atoms with van der Waals surface area (Å²) in [5.74, 6) is 0.572. The largest absolute Gasteiger partial charge is 0.484 e. The van der Waals surface area contributed by atoms with E-state index in [1.807, 2.05) is 4.90 Å². The van der Waals surface area contributed by atoms with Crippen molar-refractivity contribution in [3.63, 3.8) is 0 Å². The Balaban J connectivity index is 1.84. The number of halogens is 1. The van der Waals surface area contributed by atoms with Crippen LogP contribution in [0.1, 0.15) is 19.8 Å². The van der Waals surface area contributed by atoms with Crippen LogP contribution in [0.3, 0.4) is 0 Å². The number of ether oxygens (including phenoxy) is 1. The van der Waals surface area contributed by atoms with E-state index >= 15 is 0 Å². The van der Waals surface area contributed by atoms with Gasteiger partial charge in [0.2, 0.25) is 0 Å². The van der Waals surface area contributed by atoms with Crippen LogP contribution < -0.4 is 4.74 Å². The minimum atomic E-state index is -0.355. The summed E-state index contributed by atoms with van der Waals surface area (Å²) in [6.45, 7) is 3.73. The van der Waals surface area contributed by atoms with E-state index in [9.17, 15) is 9.18 Å². The SMILES string of the molecule is CC1CCCN(C(=O)COc2cccc(F)c2)C1. The fourth-order valence-corrected chi connectivity index (χ4v) is 2.21. The van der Waals surface area contributed by atoms with Crippen LogP contribution in [0.2, 0.25) is 0 Å². The standard InChI is InChI=1S/C14H18FNO2/c1-11-4-3-7-16(9-11)14(17)10-18-13-6-2-5-12(15)8-13/h2,5-6,8,11H,3-4,7,9-10H2,1H3. The molecule has 0 aromatic heterocycles. The predicted octanol–water partition coefficient (Wildman–Crippen LogP) is 2.46. The number of carbonyl (C=O) groups is 1. The molecule has 1 aromatic carbocycles. The summed E-state index contributed by atoms with van der Waals surface area (Å²) in [5, 5.41) is 0. The molecule has 1 aliphatic heterocycles. The van der Waals surface area contributed by atoms with Gasteiger partial charge in [0.1, 0.15) is 11.6 Å². The maximum atomic E-state index is 12.9. The molecule has 0 aliphatic carbocycles. The maximum absolute atomic E-state index is 12.9. The molecule has 1 amide bonds. The Morgan fingerprint density at radius 3 is 3.11 bits per heavy atom. The van der Waals surface area contributed by atoms with E-state index in [1.54, 1.807) is 12.1 Å². The third-order valence-electron chi connectivity index (χ3n) is 3.17. The van der Waals surface area contributed by atoms with Crippen molar-refractivity contribution in [2.24, 2.45) is 5.92 Å². The van der Waals surface area contributed by atoms with Crippen LogP contribution in [0, 0.1) is 11.7 Å². The average Bonchev–Trinajstić information content (AvgIpc) is 2.36. The number of benzene rings is 1. The molecule has 1 atom stereocenters. The van der Waals surface area contributed by atoms with Gasteiger partial charge in [0.15, 0.2) is 6.61 Å². The number of rotatable bonds is 3. The summed E-state index contributed by atoms with van der Waals surface area (Å²) in [4.78, 5) is 13.7. The van der Waals surface area contributed by atoms with Gasteiger partial charge in [0.25, 0.3) is 5.91 Å². The highest BCUT2D eigenvalue weighted by Gasteiger charge is 2.21. The van der Waals surface area contributed by atoms with Gasteiger partial charge in [0, 0.05) is 19.2 Å². The number of hydrogen-bond donors (Lipinski definition) is 0. The Morgan fingerprint density at radius 2 is 2.39 bits per heavy atom. The summed E-state index contributed by atoms with van der Waals surface area (Å²) < 4.78 is 18.2. The highest BCUT2D eigenvalue weighted by molar-refractivity contribution is 5.77. The number of carbonyl (C=O) groups excluding carboxylic acids is 1. The summed E-state index contributed by atoms with van der Waals surface area (Å²) in [6.07, 6.45) is 2.22. The van der Waals surface area contributed by atoms with Gasteiger partial charge in [-0.05, 0) is 30.9 Å². The van der Waals surface area contributed by atoms with E-state index in [-0.39, 0.29) is 18.3 Å². The van der Waals surface area contributed by atoms with Crippen LogP contribution in [0.4, 0.5) is 4.39 Å². The average molecular weight is 251 g/mol. The van der Waals surface area contributed by atoms with Crippen LogP contribution in [-0.4, -0.2) is 30.5 Å². The molecule has 0 saturated carbocycles. The quantitative estimate of drug-likeness (QED) is 0.826. The number of amides is 1. The number of likely N-dealkylation sites (tertiary alicyclic amines) is 1. The van der Waals surface area contributed by atoms with Gasteiger partial charge in [-0.25, -0.2) is 4.39 Å². The van der Waals surface area contributed by atoms with Crippen molar-refractivity contribution < 1.29 is 13.9 Å². The van der Waals surface area contributed by atoms with Crippen LogP contribution in [0.5, 0.6) is 5.75 Å². The van der Waals surface area contributed by atoms with Gasteiger partial charge in [-0.15, -0.1) is 0 Å². The van der Waals surface area contributed by atoms with E-state index in [0.717, 1.165) is 19.5 Å². The molecule has 0 bridgehead atoms. The van der Waals surface area contributed by atoms with Crippen molar-refractivity contribution in [3.05, 3.63) is 30.1 Å². The van der Waals surface area contributed by atoms with Crippen molar-refractivity contribution in [1.82, 2.24) is 4.90 Å². The molecule has 1 unspecified atom stereocenters. The first kappa shape index (κ1) is 12.9. The highest BCUT2D eigenvalue weighted by Crippen LogP contribution is 2.16. The van der Waals surface area contributed by atoms with Gasteiger partial charge >= 0.3 is 0 Å². The van der Waals surface area contributed by atoms with Crippen molar-refractivity contribution in [2.75, 3.05) is 19.7 Å². The minimum absolute atomic E-state index is 0.0177. The second-order valence-corrected chi connectivity index (χ2v) is 4.83. The van der Waals surface area contributed by atoms with E-state index in [1.165, 1.54) is 18.6 Å². The summed E-state index contributed by atoms with van der Waals surface area (Å²) in [6, 6.07) is 5.85. The summed E-state index contributed by atoms with van der Waals surface area (Å²) >= 11 is 0. The molecule has 0 radical (unpaired) electrons. The van der Waals surface area contributed by atoms with Crippen molar-refractivity contribution in [3.8, 4) is 5.75 Å². The maximum Gasteiger partial charge on any atom is 0.260 e. The summed E-state index contributed by atoms with van der Waals surface area (Å²) in [5.41, 5.74) is 0. The predicted molar refractivity (Wildman–Crippen MR) is 66.9 cm³/mol. The summed E-state index contributed by atoms with van der Waals surface area (Å²) in [7, 11) is 0. The molecule has 0 N–H and O–H groups in total. The Bertz CT molecular complexity index is 422. The lowest BCUT2D eigenvalue weighted by Crippen LogP contribution is -2.41. The van der Waals surface area contributed by atoms with Crippen LogP contribution in [-0.2, 0) is 4.79 Å². The van der Waals surface area contributed by atoms with Crippen LogP contribution in [0.15, 0.2) is 24.3 Å². The lowest BCUT2D eigenvalue weighted by Gasteiger charge is -2.30. The second kappa shape index (κ2) is 5.85. The van der Waals surface area contributed by atoms with Gasteiger partial charge < -0.3 is 9.64 Å². The number of hydrogen-bond acceptors (Lipinski definition) is 2. The van der Waals surface area contributed by atoms with E-state index in [2.05, 4.69) is 6.92 Å². The normalized spacial score (nSPS) is 19.7. The molecule has 1 fully saturated rings. The molecule has 3 nitrogen and oxygen atoms in total. The molecular weight excluding hydrogens is 233 g/mol. The second-order valence-electron chi connectivity index (χ2n) is 4.83. The minimum Gasteiger partial charge on any atom is -0.484 e. The Hall–Kier alpha value is -1.58. The number of piperidine rings is 1. The first-order chi connectivity index (χ1) is 8.65. The molecule has 1 aliphatic rings. The number of nitrogens with zero attached hydrogens (tertiary/aromatic N) is 1. The van der Waals surface area contributed by atoms with Gasteiger partial charge in [0.05, 0.1) is 0 Å². The van der Waals surface area contributed by atoms with Crippen LogP contribution >= 0.6 is 0 Å². The van der Waals surface area contributed by atoms with Gasteiger partial charge in [-0.3, -0.25) is 4.79 Å². The Labute approximate surface area is 107 Å². The molecule has 0 spiro atoms. The third-order valence-corrected chi connectivity index (χ3v) is 3.17. The molecule has 1 heterocycles. The first-order valence-corrected chi connectivity index (χ1v) is 6.31.